The SMILES string of the molecule is CC1=CC2N(S(=O)(=O)c3ccc(Cl)cc3)C(C)=NC2(C(C)C)CC1. The predicted octanol–water partition coefficient (Wildman–Crippen LogP) is 4.27. The minimum absolute atomic E-state index is 0.248. The molecule has 1 aliphatic carbocycles. The fourth-order valence-electron chi connectivity index (χ4n) is 3.79. The average molecular weight is 367 g/mol. The summed E-state index contributed by atoms with van der Waals surface area (Å²) in [7, 11) is -3.67. The summed E-state index contributed by atoms with van der Waals surface area (Å²) in [6.45, 7) is 8.09. The van der Waals surface area contributed by atoms with Gasteiger partial charge in [-0.1, -0.05) is 37.1 Å². The van der Waals surface area contributed by atoms with Gasteiger partial charge >= 0.3 is 0 Å². The smallest absolute Gasteiger partial charge is 0.262 e. The van der Waals surface area contributed by atoms with Crippen LogP contribution in [-0.4, -0.2) is 30.1 Å². The van der Waals surface area contributed by atoms with Gasteiger partial charge < -0.3 is 0 Å². The highest BCUT2D eigenvalue weighted by Crippen LogP contribution is 2.45. The molecule has 2 aliphatic rings. The van der Waals surface area contributed by atoms with Crippen molar-refractivity contribution in [2.24, 2.45) is 10.9 Å². The van der Waals surface area contributed by atoms with Crippen molar-refractivity contribution in [2.75, 3.05) is 0 Å². The molecule has 0 aromatic heterocycles. The molecule has 0 amide bonds. The monoisotopic (exact) mass is 366 g/mol. The van der Waals surface area contributed by atoms with Gasteiger partial charge in [0.05, 0.1) is 16.5 Å². The molecule has 0 spiro atoms. The van der Waals surface area contributed by atoms with Crippen LogP contribution < -0.4 is 0 Å². The highest BCUT2D eigenvalue weighted by atomic mass is 35.5. The number of aliphatic imine (C=N–C) groups is 1. The van der Waals surface area contributed by atoms with Gasteiger partial charge in [-0.05, 0) is 56.9 Å². The molecule has 130 valence electrons. The van der Waals surface area contributed by atoms with Gasteiger partial charge in [-0.15, -0.1) is 0 Å². The minimum atomic E-state index is -3.67. The maximum absolute atomic E-state index is 13.3. The predicted molar refractivity (Wildman–Crippen MR) is 97.9 cm³/mol. The summed E-state index contributed by atoms with van der Waals surface area (Å²) in [5.41, 5.74) is 0.848. The molecule has 1 aromatic carbocycles. The van der Waals surface area contributed by atoms with Crippen molar-refractivity contribution in [3.63, 3.8) is 0 Å². The van der Waals surface area contributed by atoms with E-state index in [1.165, 1.54) is 9.88 Å². The Kier molecular flexibility index (Phi) is 4.29. The average Bonchev–Trinajstić information content (AvgIpc) is 2.80. The van der Waals surface area contributed by atoms with E-state index in [9.17, 15) is 8.42 Å². The maximum Gasteiger partial charge on any atom is 0.265 e. The van der Waals surface area contributed by atoms with Crippen LogP contribution >= 0.6 is 11.6 Å². The van der Waals surface area contributed by atoms with Gasteiger partial charge in [0.2, 0.25) is 0 Å². The van der Waals surface area contributed by atoms with Crippen molar-refractivity contribution in [1.29, 1.82) is 0 Å². The molecule has 0 saturated heterocycles. The lowest BCUT2D eigenvalue weighted by Gasteiger charge is -2.41. The third-order valence-corrected chi connectivity index (χ3v) is 7.32. The normalized spacial score (nSPS) is 27.1. The lowest BCUT2D eigenvalue weighted by Crippen LogP contribution is -2.52. The molecular formula is C18H23ClN2O2S. The number of hydrogen-bond donors (Lipinski definition) is 0. The molecule has 24 heavy (non-hydrogen) atoms. The van der Waals surface area contributed by atoms with Gasteiger partial charge in [-0.2, -0.15) is 0 Å². The summed E-state index contributed by atoms with van der Waals surface area (Å²) in [6.07, 6.45) is 3.92. The van der Waals surface area contributed by atoms with E-state index in [2.05, 4.69) is 26.8 Å². The zero-order chi connectivity index (χ0) is 17.7. The number of hydrogen-bond acceptors (Lipinski definition) is 3. The molecule has 0 fully saturated rings. The fraction of sp³-hybridized carbons (Fsp3) is 0.500. The summed E-state index contributed by atoms with van der Waals surface area (Å²) in [4.78, 5) is 5.11. The Morgan fingerprint density at radius 3 is 2.46 bits per heavy atom. The highest BCUT2D eigenvalue weighted by molar-refractivity contribution is 7.89. The van der Waals surface area contributed by atoms with Gasteiger partial charge in [0.15, 0.2) is 0 Å². The Balaban J connectivity index is 2.12. The van der Waals surface area contributed by atoms with Crippen LogP contribution in [0.5, 0.6) is 0 Å². The number of benzene rings is 1. The number of nitrogens with zero attached hydrogens (tertiary/aromatic N) is 2. The van der Waals surface area contributed by atoms with Gasteiger partial charge in [-0.3, -0.25) is 4.99 Å². The standard InChI is InChI=1S/C18H23ClN2O2S/c1-12(2)18-10-9-13(3)11-17(18)21(14(4)20-18)24(22,23)16-7-5-15(19)6-8-16/h5-8,11-12,17H,9-10H2,1-4H3. The molecule has 4 nitrogen and oxygen atoms in total. The molecule has 6 heteroatoms. The number of sulfonamides is 1. The lowest BCUT2D eigenvalue weighted by molar-refractivity contribution is 0.228. The molecule has 1 aliphatic heterocycles. The second kappa shape index (κ2) is 5.88. The third kappa shape index (κ3) is 2.58. The topological polar surface area (TPSA) is 49.7 Å². The van der Waals surface area contributed by atoms with Gasteiger partial charge in [0.25, 0.3) is 10.0 Å². The van der Waals surface area contributed by atoms with Crippen LogP contribution in [0, 0.1) is 5.92 Å². The molecule has 1 aromatic rings. The van der Waals surface area contributed by atoms with E-state index in [1.54, 1.807) is 31.2 Å². The number of fused-ring (bicyclic) bond motifs is 1. The van der Waals surface area contributed by atoms with Gasteiger partial charge in [0, 0.05) is 5.02 Å². The maximum atomic E-state index is 13.3. The van der Waals surface area contributed by atoms with E-state index in [0.717, 1.165) is 12.8 Å². The highest BCUT2D eigenvalue weighted by Gasteiger charge is 2.53. The number of rotatable bonds is 3. The first kappa shape index (κ1) is 17.5. The van der Waals surface area contributed by atoms with E-state index in [1.807, 2.05) is 0 Å². The van der Waals surface area contributed by atoms with Crippen LogP contribution in [0.1, 0.15) is 40.5 Å². The fourth-order valence-corrected chi connectivity index (χ4v) is 5.55. The first-order valence-electron chi connectivity index (χ1n) is 8.22. The molecule has 2 atom stereocenters. The van der Waals surface area contributed by atoms with E-state index < -0.39 is 10.0 Å². The zero-order valence-electron chi connectivity index (χ0n) is 14.5. The van der Waals surface area contributed by atoms with E-state index in [-0.39, 0.29) is 22.4 Å². The summed E-state index contributed by atoms with van der Waals surface area (Å²) in [5, 5.41) is 0.519. The Morgan fingerprint density at radius 2 is 1.88 bits per heavy atom. The second-order valence-corrected chi connectivity index (χ2v) is 9.27. The number of amidine groups is 1. The summed E-state index contributed by atoms with van der Waals surface area (Å²) in [6, 6.07) is 6.06. The Bertz CT molecular complexity index is 812. The van der Waals surface area contributed by atoms with Crippen molar-refractivity contribution in [3.05, 3.63) is 40.9 Å². The first-order valence-corrected chi connectivity index (χ1v) is 10.0. The van der Waals surface area contributed by atoms with Crippen molar-refractivity contribution < 1.29 is 8.42 Å². The largest absolute Gasteiger partial charge is 0.265 e. The quantitative estimate of drug-likeness (QED) is 0.750. The van der Waals surface area contributed by atoms with Crippen molar-refractivity contribution >= 4 is 27.5 Å². The second-order valence-electron chi connectivity index (χ2n) is 7.02. The summed E-state index contributed by atoms with van der Waals surface area (Å²) < 4.78 is 28.0. The van der Waals surface area contributed by atoms with E-state index in [0.29, 0.717) is 10.9 Å². The number of halogens is 1. The Labute approximate surface area is 149 Å². The van der Waals surface area contributed by atoms with Crippen LogP contribution in [0.4, 0.5) is 0 Å². The zero-order valence-corrected chi connectivity index (χ0v) is 16.0. The van der Waals surface area contributed by atoms with Gasteiger partial charge in [-0.25, -0.2) is 12.7 Å². The summed E-state index contributed by atoms with van der Waals surface area (Å²) in [5.74, 6) is 0.821. The first-order chi connectivity index (χ1) is 11.2. The van der Waals surface area contributed by atoms with Crippen LogP contribution in [0.3, 0.4) is 0 Å². The molecular weight excluding hydrogens is 344 g/mol. The van der Waals surface area contributed by atoms with Gasteiger partial charge in [0.1, 0.15) is 5.84 Å². The lowest BCUT2D eigenvalue weighted by atomic mass is 9.73. The van der Waals surface area contributed by atoms with Crippen molar-refractivity contribution in [2.45, 2.75) is 57.0 Å². The van der Waals surface area contributed by atoms with Crippen LogP contribution in [0.25, 0.3) is 0 Å². The Hall–Kier alpha value is -1.33. The van der Waals surface area contributed by atoms with Crippen molar-refractivity contribution in [3.8, 4) is 0 Å². The number of allylic oxidation sites excluding steroid dienone is 1. The molecule has 2 unspecified atom stereocenters. The minimum Gasteiger partial charge on any atom is -0.262 e. The molecule has 0 N–H and O–H groups in total. The van der Waals surface area contributed by atoms with Crippen LogP contribution in [0.2, 0.25) is 5.02 Å². The van der Waals surface area contributed by atoms with Crippen molar-refractivity contribution in [1.82, 2.24) is 4.31 Å². The molecule has 0 bridgehead atoms. The van der Waals surface area contributed by atoms with Crippen LogP contribution in [0.15, 0.2) is 45.8 Å². The van der Waals surface area contributed by atoms with Crippen LogP contribution in [-0.2, 0) is 10.0 Å². The molecule has 0 radical (unpaired) electrons. The molecule has 3 rings (SSSR count). The third-order valence-electron chi connectivity index (χ3n) is 5.19. The molecule has 1 heterocycles. The molecule has 0 saturated carbocycles. The Morgan fingerprint density at radius 1 is 1.25 bits per heavy atom. The summed E-state index contributed by atoms with van der Waals surface area (Å²) >= 11 is 5.90. The van der Waals surface area contributed by atoms with E-state index in [4.69, 9.17) is 16.6 Å². The van der Waals surface area contributed by atoms with E-state index >= 15 is 0 Å².